The van der Waals surface area contributed by atoms with E-state index in [4.69, 9.17) is 9.84 Å². The monoisotopic (exact) mass is 199 g/mol. The first-order valence-electron chi connectivity index (χ1n) is 4.67. The van der Waals surface area contributed by atoms with Crippen molar-refractivity contribution in [2.24, 2.45) is 5.92 Å². The first-order valence-corrected chi connectivity index (χ1v) is 4.67. The molecular formula is C9H13NO4. The van der Waals surface area contributed by atoms with Crippen LogP contribution in [0.2, 0.25) is 0 Å². The van der Waals surface area contributed by atoms with Crippen molar-refractivity contribution >= 4 is 11.9 Å². The number of hydrogen-bond donors (Lipinski definition) is 1. The van der Waals surface area contributed by atoms with Crippen molar-refractivity contribution in [3.63, 3.8) is 0 Å². The molecule has 1 saturated carbocycles. The van der Waals surface area contributed by atoms with Crippen molar-refractivity contribution in [2.75, 3.05) is 19.7 Å². The molecule has 1 amide bonds. The van der Waals surface area contributed by atoms with Gasteiger partial charge in [0.2, 0.25) is 5.91 Å². The first-order chi connectivity index (χ1) is 6.55. The summed E-state index contributed by atoms with van der Waals surface area (Å²) in [6, 6.07) is 0. The lowest BCUT2D eigenvalue weighted by Gasteiger charge is -2.32. The van der Waals surface area contributed by atoms with Gasteiger partial charge in [-0.1, -0.05) is 0 Å². The lowest BCUT2D eigenvalue weighted by atomic mass is 10.2. The van der Waals surface area contributed by atoms with Crippen LogP contribution in [0, 0.1) is 5.92 Å². The molecule has 2 aliphatic rings. The molecule has 78 valence electrons. The van der Waals surface area contributed by atoms with Gasteiger partial charge >= 0.3 is 5.97 Å². The van der Waals surface area contributed by atoms with Gasteiger partial charge in [-0.15, -0.1) is 0 Å². The summed E-state index contributed by atoms with van der Waals surface area (Å²) >= 11 is 0. The van der Waals surface area contributed by atoms with Crippen LogP contribution in [0.15, 0.2) is 0 Å². The third-order valence-electron chi connectivity index (χ3n) is 2.98. The quantitative estimate of drug-likeness (QED) is 0.630. The number of ether oxygens (including phenoxy) is 1. The predicted molar refractivity (Wildman–Crippen MR) is 46.7 cm³/mol. The summed E-state index contributed by atoms with van der Waals surface area (Å²) in [5.41, 5.74) is -0.574. The molecule has 0 radical (unpaired) electrons. The van der Waals surface area contributed by atoms with Crippen LogP contribution < -0.4 is 0 Å². The Kier molecular flexibility index (Phi) is 1.99. The van der Waals surface area contributed by atoms with Gasteiger partial charge in [-0.25, -0.2) is 0 Å². The number of carboxylic acids is 1. The van der Waals surface area contributed by atoms with Crippen LogP contribution in [0.3, 0.4) is 0 Å². The van der Waals surface area contributed by atoms with E-state index in [9.17, 15) is 9.59 Å². The molecule has 2 fully saturated rings. The molecule has 0 aromatic rings. The van der Waals surface area contributed by atoms with Crippen LogP contribution in [-0.4, -0.2) is 47.2 Å². The third-order valence-corrected chi connectivity index (χ3v) is 2.98. The van der Waals surface area contributed by atoms with Gasteiger partial charge in [0.15, 0.2) is 0 Å². The van der Waals surface area contributed by atoms with Crippen molar-refractivity contribution in [1.29, 1.82) is 0 Å². The zero-order chi connectivity index (χ0) is 10.3. The lowest BCUT2D eigenvalue weighted by molar-refractivity contribution is -0.148. The minimum Gasteiger partial charge on any atom is -0.481 e. The highest BCUT2D eigenvalue weighted by molar-refractivity contribution is 5.77. The van der Waals surface area contributed by atoms with Gasteiger partial charge < -0.3 is 14.7 Å². The van der Waals surface area contributed by atoms with E-state index in [2.05, 4.69) is 0 Å². The number of morpholine rings is 1. The van der Waals surface area contributed by atoms with E-state index in [1.54, 1.807) is 4.90 Å². The van der Waals surface area contributed by atoms with Crippen molar-refractivity contribution < 1.29 is 19.4 Å². The second kappa shape index (κ2) is 2.95. The second-order valence-corrected chi connectivity index (χ2v) is 3.95. The van der Waals surface area contributed by atoms with Crippen LogP contribution in [0.1, 0.15) is 13.3 Å². The highest BCUT2D eigenvalue weighted by Crippen LogP contribution is 2.48. The molecule has 1 spiro atoms. The maximum Gasteiger partial charge on any atom is 0.309 e. The maximum atomic E-state index is 11.1. The number of carbonyl (C=O) groups excluding carboxylic acids is 1. The standard InChI is InChI=1S/C9H13NO4/c1-6(11)10-2-3-14-9(5-10)4-7(9)8(12)13/h7H,2-5H2,1H3,(H,12,13). The number of carboxylic acid groups (broad SMARTS) is 1. The highest BCUT2D eigenvalue weighted by atomic mass is 16.5. The van der Waals surface area contributed by atoms with E-state index in [0.29, 0.717) is 26.1 Å². The summed E-state index contributed by atoms with van der Waals surface area (Å²) in [6.45, 7) is 2.95. The van der Waals surface area contributed by atoms with Crippen molar-refractivity contribution in [2.45, 2.75) is 18.9 Å². The topological polar surface area (TPSA) is 66.8 Å². The summed E-state index contributed by atoms with van der Waals surface area (Å²) < 4.78 is 5.46. The average molecular weight is 199 g/mol. The van der Waals surface area contributed by atoms with E-state index in [1.165, 1.54) is 6.92 Å². The summed E-state index contributed by atoms with van der Waals surface area (Å²) in [6.07, 6.45) is 0.534. The molecule has 0 aromatic heterocycles. The zero-order valence-electron chi connectivity index (χ0n) is 8.02. The predicted octanol–water partition coefficient (Wildman–Crippen LogP) is -0.292. The third kappa shape index (κ3) is 1.37. The Morgan fingerprint density at radius 3 is 2.79 bits per heavy atom. The van der Waals surface area contributed by atoms with Crippen LogP contribution in [0.5, 0.6) is 0 Å². The molecule has 5 nitrogen and oxygen atoms in total. The Bertz CT molecular complexity index is 291. The molecule has 1 aliphatic heterocycles. The van der Waals surface area contributed by atoms with Crippen molar-refractivity contribution in [3.8, 4) is 0 Å². The van der Waals surface area contributed by atoms with Crippen LogP contribution in [-0.2, 0) is 14.3 Å². The Morgan fingerprint density at radius 2 is 2.29 bits per heavy atom. The molecule has 2 unspecified atom stereocenters. The number of carbonyl (C=O) groups is 2. The number of rotatable bonds is 1. The Hall–Kier alpha value is -1.10. The molecule has 2 rings (SSSR count). The Labute approximate surface area is 81.6 Å². The largest absolute Gasteiger partial charge is 0.481 e. The zero-order valence-corrected chi connectivity index (χ0v) is 8.02. The van der Waals surface area contributed by atoms with E-state index in [0.717, 1.165) is 0 Å². The molecule has 1 aliphatic carbocycles. The van der Waals surface area contributed by atoms with Crippen LogP contribution >= 0.6 is 0 Å². The van der Waals surface area contributed by atoms with E-state index < -0.39 is 17.5 Å². The fraction of sp³-hybridized carbons (Fsp3) is 0.778. The molecule has 1 saturated heterocycles. The molecule has 5 heteroatoms. The van der Waals surface area contributed by atoms with Gasteiger partial charge in [0.1, 0.15) is 5.60 Å². The van der Waals surface area contributed by atoms with E-state index >= 15 is 0 Å². The average Bonchev–Trinajstić information content (AvgIpc) is 2.79. The normalized spacial score (nSPS) is 35.8. The van der Waals surface area contributed by atoms with E-state index in [1.807, 2.05) is 0 Å². The number of hydrogen-bond acceptors (Lipinski definition) is 3. The second-order valence-electron chi connectivity index (χ2n) is 3.95. The van der Waals surface area contributed by atoms with Crippen LogP contribution in [0.25, 0.3) is 0 Å². The molecular weight excluding hydrogens is 186 g/mol. The summed E-state index contributed by atoms with van der Waals surface area (Å²) in [7, 11) is 0. The van der Waals surface area contributed by atoms with Gasteiger partial charge in [0.05, 0.1) is 19.1 Å². The van der Waals surface area contributed by atoms with Gasteiger partial charge in [-0.05, 0) is 6.42 Å². The van der Waals surface area contributed by atoms with Gasteiger partial charge in [0.25, 0.3) is 0 Å². The number of amides is 1. The summed E-state index contributed by atoms with van der Waals surface area (Å²) in [5.74, 6) is -1.26. The minimum absolute atomic E-state index is 0.0105. The molecule has 2 atom stereocenters. The summed E-state index contributed by atoms with van der Waals surface area (Å²) in [4.78, 5) is 23.5. The fourth-order valence-corrected chi connectivity index (χ4v) is 2.01. The molecule has 1 N–H and O–H groups in total. The SMILES string of the molecule is CC(=O)N1CCOC2(CC2C(=O)O)C1. The van der Waals surface area contributed by atoms with Gasteiger partial charge in [-0.2, -0.15) is 0 Å². The van der Waals surface area contributed by atoms with Gasteiger partial charge in [0, 0.05) is 13.5 Å². The minimum atomic E-state index is -0.824. The highest BCUT2D eigenvalue weighted by Gasteiger charge is 2.62. The molecule has 14 heavy (non-hydrogen) atoms. The molecule has 0 aromatic carbocycles. The lowest BCUT2D eigenvalue weighted by Crippen LogP contribution is -2.47. The summed E-state index contributed by atoms with van der Waals surface area (Å²) in [5, 5.41) is 8.81. The van der Waals surface area contributed by atoms with Crippen molar-refractivity contribution in [1.82, 2.24) is 4.90 Å². The Balaban J connectivity index is 2.03. The van der Waals surface area contributed by atoms with Gasteiger partial charge in [-0.3, -0.25) is 9.59 Å². The maximum absolute atomic E-state index is 11.1. The fourth-order valence-electron chi connectivity index (χ4n) is 2.01. The molecule has 1 heterocycles. The van der Waals surface area contributed by atoms with Crippen LogP contribution in [0.4, 0.5) is 0 Å². The number of aliphatic carboxylic acids is 1. The molecule has 0 bridgehead atoms. The van der Waals surface area contributed by atoms with E-state index in [-0.39, 0.29) is 5.91 Å². The smallest absolute Gasteiger partial charge is 0.309 e. The van der Waals surface area contributed by atoms with Crippen molar-refractivity contribution in [3.05, 3.63) is 0 Å². The number of nitrogens with zero attached hydrogens (tertiary/aromatic N) is 1. The first kappa shape index (κ1) is 9.45. The Morgan fingerprint density at radius 1 is 1.57 bits per heavy atom.